The van der Waals surface area contributed by atoms with Gasteiger partial charge in [-0.25, -0.2) is 9.78 Å². The van der Waals surface area contributed by atoms with Gasteiger partial charge in [0.15, 0.2) is 0 Å². The standard InChI is InChI=1S/C25H24N4O4S/c1-3-33-25(32)22-18(16-9-5-4-6-10-16)15-34-24(22)28-21(30)14-29(2)13-20-26-19-12-8-7-11-17(19)23(31)27-20/h4-12,15H,3,13-14H2,1-2H3,(H,28,30)(H,26,27,31). The fraction of sp³-hybridized carbons (Fsp3) is 0.200. The third-order valence-corrected chi connectivity index (χ3v) is 6.00. The average Bonchev–Trinajstić information content (AvgIpc) is 3.23. The molecule has 2 N–H and O–H groups in total. The summed E-state index contributed by atoms with van der Waals surface area (Å²) in [6.45, 7) is 2.29. The number of fused-ring (bicyclic) bond motifs is 1. The molecule has 4 rings (SSSR count). The Kier molecular flexibility index (Phi) is 7.15. The predicted molar refractivity (Wildman–Crippen MR) is 133 cm³/mol. The highest BCUT2D eigenvalue weighted by atomic mass is 32.1. The van der Waals surface area contributed by atoms with Crippen molar-refractivity contribution in [2.75, 3.05) is 25.5 Å². The molecule has 0 spiro atoms. The third kappa shape index (κ3) is 5.22. The van der Waals surface area contributed by atoms with Gasteiger partial charge in [-0.15, -0.1) is 11.3 Å². The smallest absolute Gasteiger partial charge is 0.341 e. The highest BCUT2D eigenvalue weighted by Crippen LogP contribution is 2.36. The second-order valence-electron chi connectivity index (χ2n) is 7.69. The number of thiophene rings is 1. The van der Waals surface area contributed by atoms with E-state index in [1.54, 1.807) is 37.1 Å². The number of para-hydroxylation sites is 1. The van der Waals surface area contributed by atoms with Crippen LogP contribution in [0.3, 0.4) is 0 Å². The number of amides is 1. The van der Waals surface area contributed by atoms with Crippen LogP contribution in [0.5, 0.6) is 0 Å². The molecular formula is C25H24N4O4S. The van der Waals surface area contributed by atoms with Crippen LogP contribution in [0.4, 0.5) is 5.00 Å². The number of carbonyl (C=O) groups excluding carboxylic acids is 2. The molecule has 2 heterocycles. The Morgan fingerprint density at radius 3 is 2.62 bits per heavy atom. The molecule has 0 saturated carbocycles. The van der Waals surface area contributed by atoms with E-state index in [9.17, 15) is 14.4 Å². The number of nitrogens with one attached hydrogen (secondary N) is 2. The second-order valence-corrected chi connectivity index (χ2v) is 8.57. The number of likely N-dealkylation sites (N-methyl/N-ethyl adjacent to an activating group) is 1. The first kappa shape index (κ1) is 23.3. The van der Waals surface area contributed by atoms with Crippen LogP contribution in [0.2, 0.25) is 0 Å². The molecule has 0 atom stereocenters. The maximum Gasteiger partial charge on any atom is 0.341 e. The Morgan fingerprint density at radius 1 is 1.12 bits per heavy atom. The van der Waals surface area contributed by atoms with Gasteiger partial charge in [-0.2, -0.15) is 0 Å². The molecule has 2 aromatic carbocycles. The Hall–Kier alpha value is -3.82. The molecule has 0 aliphatic heterocycles. The minimum absolute atomic E-state index is 0.0391. The average molecular weight is 477 g/mol. The van der Waals surface area contributed by atoms with Crippen molar-refractivity contribution in [2.45, 2.75) is 13.5 Å². The van der Waals surface area contributed by atoms with Crippen LogP contribution in [0, 0.1) is 0 Å². The molecule has 8 nitrogen and oxygen atoms in total. The Balaban J connectivity index is 1.49. The van der Waals surface area contributed by atoms with Gasteiger partial charge in [0.2, 0.25) is 5.91 Å². The number of nitrogens with zero attached hydrogens (tertiary/aromatic N) is 2. The summed E-state index contributed by atoms with van der Waals surface area (Å²) in [6, 6.07) is 16.6. The number of esters is 1. The zero-order valence-corrected chi connectivity index (χ0v) is 19.6. The van der Waals surface area contributed by atoms with Gasteiger partial charge in [-0.3, -0.25) is 14.5 Å². The third-order valence-electron chi connectivity index (χ3n) is 5.10. The molecule has 0 fully saturated rings. The van der Waals surface area contributed by atoms with Gasteiger partial charge in [-0.1, -0.05) is 42.5 Å². The minimum Gasteiger partial charge on any atom is -0.462 e. The van der Waals surface area contributed by atoms with E-state index in [1.165, 1.54) is 11.3 Å². The SMILES string of the molecule is CCOC(=O)c1c(-c2ccccc2)csc1NC(=O)CN(C)Cc1nc2ccccc2c(=O)[nH]1. The zero-order chi connectivity index (χ0) is 24.1. The van der Waals surface area contributed by atoms with Crippen molar-refractivity contribution >= 4 is 39.1 Å². The number of hydrogen-bond donors (Lipinski definition) is 2. The molecule has 4 aromatic rings. The van der Waals surface area contributed by atoms with Gasteiger partial charge in [-0.05, 0) is 31.7 Å². The number of hydrogen-bond acceptors (Lipinski definition) is 7. The fourth-order valence-corrected chi connectivity index (χ4v) is 4.59. The first-order chi connectivity index (χ1) is 16.5. The lowest BCUT2D eigenvalue weighted by Gasteiger charge is -2.16. The van der Waals surface area contributed by atoms with Crippen molar-refractivity contribution in [1.82, 2.24) is 14.9 Å². The number of aromatic nitrogens is 2. The lowest BCUT2D eigenvalue weighted by Crippen LogP contribution is -2.31. The summed E-state index contributed by atoms with van der Waals surface area (Å²) in [4.78, 5) is 46.7. The quantitative estimate of drug-likeness (QED) is 0.374. The summed E-state index contributed by atoms with van der Waals surface area (Å²) in [6.07, 6.45) is 0. The van der Waals surface area contributed by atoms with E-state index in [-0.39, 0.29) is 31.2 Å². The van der Waals surface area contributed by atoms with Crippen LogP contribution in [0.1, 0.15) is 23.1 Å². The van der Waals surface area contributed by atoms with Gasteiger partial charge >= 0.3 is 5.97 Å². The van der Waals surface area contributed by atoms with Gasteiger partial charge in [0.05, 0.1) is 30.6 Å². The van der Waals surface area contributed by atoms with E-state index < -0.39 is 5.97 Å². The van der Waals surface area contributed by atoms with E-state index in [0.717, 1.165) is 5.56 Å². The van der Waals surface area contributed by atoms with E-state index in [4.69, 9.17) is 4.74 Å². The Bertz CT molecular complexity index is 1380. The molecule has 9 heteroatoms. The first-order valence-electron chi connectivity index (χ1n) is 10.8. The van der Waals surface area contributed by atoms with Crippen molar-refractivity contribution in [2.24, 2.45) is 0 Å². The molecule has 0 bridgehead atoms. The summed E-state index contributed by atoms with van der Waals surface area (Å²) in [5, 5.41) is 5.64. The van der Waals surface area contributed by atoms with Crippen LogP contribution in [-0.2, 0) is 16.1 Å². The molecule has 0 unspecified atom stereocenters. The highest BCUT2D eigenvalue weighted by Gasteiger charge is 2.23. The number of ether oxygens (including phenoxy) is 1. The topological polar surface area (TPSA) is 104 Å². The minimum atomic E-state index is -0.482. The van der Waals surface area contributed by atoms with E-state index in [1.807, 2.05) is 41.8 Å². The number of carbonyl (C=O) groups is 2. The van der Waals surface area contributed by atoms with Crippen molar-refractivity contribution in [3.8, 4) is 11.1 Å². The molecule has 0 radical (unpaired) electrons. The van der Waals surface area contributed by atoms with Crippen molar-refractivity contribution in [1.29, 1.82) is 0 Å². The highest BCUT2D eigenvalue weighted by molar-refractivity contribution is 7.15. The molecule has 0 aliphatic carbocycles. The van der Waals surface area contributed by atoms with Crippen molar-refractivity contribution in [3.05, 3.63) is 81.7 Å². The molecule has 0 saturated heterocycles. The second kappa shape index (κ2) is 10.4. The first-order valence-corrected chi connectivity index (χ1v) is 11.6. The van der Waals surface area contributed by atoms with Crippen LogP contribution in [-0.4, -0.2) is 46.9 Å². The monoisotopic (exact) mass is 476 g/mol. The summed E-state index contributed by atoms with van der Waals surface area (Å²) < 4.78 is 5.24. The van der Waals surface area contributed by atoms with Crippen molar-refractivity contribution < 1.29 is 14.3 Å². The fourth-order valence-electron chi connectivity index (χ4n) is 3.62. The number of aromatic amines is 1. The van der Waals surface area contributed by atoms with Gasteiger partial charge < -0.3 is 15.0 Å². The lowest BCUT2D eigenvalue weighted by atomic mass is 10.0. The molecule has 2 aromatic heterocycles. The molecule has 34 heavy (non-hydrogen) atoms. The number of benzene rings is 2. The number of anilines is 1. The van der Waals surface area contributed by atoms with Gasteiger partial charge in [0.25, 0.3) is 5.56 Å². The van der Waals surface area contributed by atoms with Crippen LogP contribution >= 0.6 is 11.3 Å². The van der Waals surface area contributed by atoms with Crippen LogP contribution in [0.25, 0.3) is 22.0 Å². The maximum atomic E-state index is 12.8. The predicted octanol–water partition coefficient (Wildman–Crippen LogP) is 3.90. The van der Waals surface area contributed by atoms with Crippen LogP contribution < -0.4 is 10.9 Å². The van der Waals surface area contributed by atoms with E-state index in [2.05, 4.69) is 15.3 Å². The number of rotatable bonds is 8. The summed E-state index contributed by atoms with van der Waals surface area (Å²) in [7, 11) is 1.75. The largest absolute Gasteiger partial charge is 0.462 e. The Morgan fingerprint density at radius 2 is 1.85 bits per heavy atom. The molecule has 0 aliphatic rings. The molecule has 1 amide bonds. The lowest BCUT2D eigenvalue weighted by molar-refractivity contribution is -0.117. The Labute approximate surface area is 200 Å². The molecule has 174 valence electrons. The zero-order valence-electron chi connectivity index (χ0n) is 18.8. The normalized spacial score (nSPS) is 11.0. The van der Waals surface area contributed by atoms with Crippen LogP contribution in [0.15, 0.2) is 64.8 Å². The molecular weight excluding hydrogens is 452 g/mol. The summed E-state index contributed by atoms with van der Waals surface area (Å²) >= 11 is 1.28. The van der Waals surface area contributed by atoms with Gasteiger partial charge in [0, 0.05) is 10.9 Å². The van der Waals surface area contributed by atoms with Gasteiger partial charge in [0.1, 0.15) is 16.4 Å². The summed E-state index contributed by atoms with van der Waals surface area (Å²) in [5.41, 5.74) is 2.31. The maximum absolute atomic E-state index is 12.8. The van der Waals surface area contributed by atoms with E-state index >= 15 is 0 Å². The van der Waals surface area contributed by atoms with Crippen molar-refractivity contribution in [3.63, 3.8) is 0 Å². The van der Waals surface area contributed by atoms with E-state index in [0.29, 0.717) is 32.9 Å². The number of H-pyrrole nitrogens is 1. The summed E-state index contributed by atoms with van der Waals surface area (Å²) in [5.74, 6) is -0.310.